The number of rotatable bonds is 1. The van der Waals surface area contributed by atoms with Gasteiger partial charge in [0.1, 0.15) is 10.5 Å². The lowest BCUT2D eigenvalue weighted by Crippen LogP contribution is -1.90. The summed E-state index contributed by atoms with van der Waals surface area (Å²) in [5.74, 6) is 0.511. The number of anilines is 1. The van der Waals surface area contributed by atoms with Crippen LogP contribution in [0.3, 0.4) is 0 Å². The number of aromatic nitrogens is 4. The van der Waals surface area contributed by atoms with Crippen molar-refractivity contribution in [3.8, 4) is 11.3 Å². The smallest absolute Gasteiger partial charge is 0.130 e. The van der Waals surface area contributed by atoms with Gasteiger partial charge in [0.05, 0.1) is 23.8 Å². The molecule has 0 aromatic carbocycles. The third-order valence-electron chi connectivity index (χ3n) is 1.64. The van der Waals surface area contributed by atoms with Crippen molar-refractivity contribution < 1.29 is 0 Å². The van der Waals surface area contributed by atoms with Gasteiger partial charge in [0.15, 0.2) is 0 Å². The van der Waals surface area contributed by atoms with Crippen LogP contribution in [0, 0.1) is 4.64 Å². The SMILES string of the molecule is Nc1[nH]ncc1-c1cc(=S)nc[nH]1. The number of hydrogen-bond donors (Lipinski definition) is 3. The second kappa shape index (κ2) is 2.98. The van der Waals surface area contributed by atoms with Crippen molar-refractivity contribution in [1.82, 2.24) is 20.2 Å². The largest absolute Gasteiger partial charge is 0.384 e. The van der Waals surface area contributed by atoms with E-state index in [1.165, 1.54) is 6.33 Å². The Morgan fingerprint density at radius 1 is 1.46 bits per heavy atom. The van der Waals surface area contributed by atoms with Gasteiger partial charge in [-0.3, -0.25) is 5.10 Å². The number of H-pyrrole nitrogens is 2. The predicted molar refractivity (Wildman–Crippen MR) is 51.4 cm³/mol. The molecule has 0 saturated carbocycles. The van der Waals surface area contributed by atoms with E-state index in [2.05, 4.69) is 20.2 Å². The van der Waals surface area contributed by atoms with Crippen molar-refractivity contribution in [2.24, 2.45) is 0 Å². The summed E-state index contributed by atoms with van der Waals surface area (Å²) < 4.78 is 0.523. The van der Waals surface area contributed by atoms with Crippen molar-refractivity contribution in [2.75, 3.05) is 5.73 Å². The Balaban J connectivity index is 2.59. The molecule has 0 saturated heterocycles. The maximum absolute atomic E-state index is 5.63. The van der Waals surface area contributed by atoms with Gasteiger partial charge in [0.25, 0.3) is 0 Å². The summed E-state index contributed by atoms with van der Waals surface area (Å²) >= 11 is 4.91. The van der Waals surface area contributed by atoms with E-state index in [0.717, 1.165) is 11.3 Å². The molecule has 0 amide bonds. The molecule has 2 heterocycles. The molecule has 0 bridgehead atoms. The van der Waals surface area contributed by atoms with Crippen LogP contribution in [-0.2, 0) is 0 Å². The molecule has 0 spiro atoms. The summed E-state index contributed by atoms with van der Waals surface area (Å²) in [5, 5.41) is 6.44. The maximum Gasteiger partial charge on any atom is 0.130 e. The highest BCUT2D eigenvalue weighted by Crippen LogP contribution is 2.20. The number of nitrogen functional groups attached to an aromatic ring is 1. The first-order chi connectivity index (χ1) is 6.27. The van der Waals surface area contributed by atoms with Crippen LogP contribution in [0.4, 0.5) is 5.82 Å². The lowest BCUT2D eigenvalue weighted by atomic mass is 10.2. The molecular weight excluding hydrogens is 186 g/mol. The molecule has 0 atom stereocenters. The highest BCUT2D eigenvalue weighted by Gasteiger charge is 2.03. The first-order valence-corrected chi connectivity index (χ1v) is 4.02. The highest BCUT2D eigenvalue weighted by molar-refractivity contribution is 7.71. The van der Waals surface area contributed by atoms with Crippen molar-refractivity contribution in [2.45, 2.75) is 0 Å². The molecule has 2 rings (SSSR count). The normalized spacial score (nSPS) is 10.2. The first-order valence-electron chi connectivity index (χ1n) is 3.61. The van der Waals surface area contributed by atoms with Crippen molar-refractivity contribution >= 4 is 18.0 Å². The van der Waals surface area contributed by atoms with E-state index < -0.39 is 0 Å². The zero-order valence-electron chi connectivity index (χ0n) is 6.61. The summed E-state index contributed by atoms with van der Waals surface area (Å²) in [6.07, 6.45) is 3.17. The Morgan fingerprint density at radius 3 is 2.92 bits per heavy atom. The Kier molecular flexibility index (Phi) is 1.82. The number of nitrogens with two attached hydrogens (primary N) is 1. The molecule has 13 heavy (non-hydrogen) atoms. The number of nitrogens with one attached hydrogen (secondary N) is 2. The third kappa shape index (κ3) is 1.43. The van der Waals surface area contributed by atoms with Gasteiger partial charge in [-0.05, 0) is 6.07 Å². The number of hydrogen-bond acceptors (Lipinski definition) is 4. The van der Waals surface area contributed by atoms with Crippen molar-refractivity contribution in [3.05, 3.63) is 23.2 Å². The molecular formula is C7H7N5S. The quantitative estimate of drug-likeness (QED) is 0.592. The standard InChI is InChI=1S/C7H7N5S/c8-7-4(2-11-12-7)5-1-6(13)10-3-9-5/h1-3H,(H3,8,11,12)(H,9,10,13). The number of nitrogens with zero attached hydrogens (tertiary/aromatic N) is 2. The zero-order valence-corrected chi connectivity index (χ0v) is 7.43. The molecule has 0 aliphatic heterocycles. The van der Waals surface area contributed by atoms with Crippen molar-refractivity contribution in [3.63, 3.8) is 0 Å². The summed E-state index contributed by atoms with van der Waals surface area (Å²) in [6.45, 7) is 0. The van der Waals surface area contributed by atoms with E-state index in [1.807, 2.05) is 0 Å². The zero-order chi connectivity index (χ0) is 9.26. The van der Waals surface area contributed by atoms with Gasteiger partial charge < -0.3 is 10.7 Å². The van der Waals surface area contributed by atoms with Crippen LogP contribution < -0.4 is 5.73 Å². The summed E-state index contributed by atoms with van der Waals surface area (Å²) in [7, 11) is 0. The van der Waals surface area contributed by atoms with E-state index >= 15 is 0 Å². The third-order valence-corrected chi connectivity index (χ3v) is 1.86. The molecule has 0 fully saturated rings. The average Bonchev–Trinajstić information content (AvgIpc) is 2.51. The maximum atomic E-state index is 5.63. The van der Waals surface area contributed by atoms with Gasteiger partial charge in [-0.2, -0.15) is 5.10 Å². The Labute approximate surface area is 79.0 Å². The van der Waals surface area contributed by atoms with E-state index in [0.29, 0.717) is 10.5 Å². The molecule has 6 heteroatoms. The Hall–Kier alpha value is -1.69. The molecule has 5 nitrogen and oxygen atoms in total. The van der Waals surface area contributed by atoms with Gasteiger partial charge in [-0.1, -0.05) is 12.2 Å². The minimum atomic E-state index is 0.511. The fraction of sp³-hybridized carbons (Fsp3) is 0. The Morgan fingerprint density at radius 2 is 2.31 bits per heavy atom. The molecule has 2 aromatic rings. The van der Waals surface area contributed by atoms with Crippen LogP contribution in [0.15, 0.2) is 18.6 Å². The van der Waals surface area contributed by atoms with Crippen LogP contribution in [0.1, 0.15) is 0 Å². The van der Waals surface area contributed by atoms with Crippen LogP contribution in [0.25, 0.3) is 11.3 Å². The molecule has 66 valence electrons. The second-order valence-electron chi connectivity index (χ2n) is 2.50. The van der Waals surface area contributed by atoms with Gasteiger partial charge in [0, 0.05) is 0 Å². The fourth-order valence-corrected chi connectivity index (χ4v) is 1.20. The summed E-state index contributed by atoms with van der Waals surface area (Å²) in [4.78, 5) is 6.80. The van der Waals surface area contributed by atoms with Crippen LogP contribution in [-0.4, -0.2) is 20.2 Å². The van der Waals surface area contributed by atoms with Gasteiger partial charge in [0.2, 0.25) is 0 Å². The van der Waals surface area contributed by atoms with Gasteiger partial charge in [-0.25, -0.2) is 4.98 Å². The fourth-order valence-electron chi connectivity index (χ4n) is 1.03. The summed E-state index contributed by atoms with van der Waals surface area (Å²) in [6, 6.07) is 1.73. The van der Waals surface area contributed by atoms with Crippen molar-refractivity contribution in [1.29, 1.82) is 0 Å². The molecule has 0 unspecified atom stereocenters. The molecule has 0 aliphatic rings. The number of aromatic amines is 2. The van der Waals surface area contributed by atoms with E-state index in [-0.39, 0.29) is 0 Å². The van der Waals surface area contributed by atoms with Crippen LogP contribution in [0.5, 0.6) is 0 Å². The van der Waals surface area contributed by atoms with Crippen LogP contribution >= 0.6 is 12.2 Å². The predicted octanol–water partition coefficient (Wildman–Crippen LogP) is 1.11. The monoisotopic (exact) mass is 193 g/mol. The van der Waals surface area contributed by atoms with E-state index in [1.54, 1.807) is 12.3 Å². The van der Waals surface area contributed by atoms with Gasteiger partial charge in [-0.15, -0.1) is 0 Å². The Bertz CT molecular complexity index is 471. The summed E-state index contributed by atoms with van der Waals surface area (Å²) in [5.41, 5.74) is 7.24. The van der Waals surface area contributed by atoms with Gasteiger partial charge >= 0.3 is 0 Å². The lowest BCUT2D eigenvalue weighted by Gasteiger charge is -1.97. The van der Waals surface area contributed by atoms with E-state index in [4.69, 9.17) is 18.0 Å². The first kappa shape index (κ1) is 7.93. The topological polar surface area (TPSA) is 83.4 Å². The average molecular weight is 193 g/mol. The minimum Gasteiger partial charge on any atom is -0.384 e. The molecule has 2 aromatic heterocycles. The minimum absolute atomic E-state index is 0.511. The second-order valence-corrected chi connectivity index (χ2v) is 2.91. The molecule has 4 N–H and O–H groups in total. The molecule has 0 radical (unpaired) electrons. The lowest BCUT2D eigenvalue weighted by molar-refractivity contribution is 1.10. The van der Waals surface area contributed by atoms with E-state index in [9.17, 15) is 0 Å². The highest BCUT2D eigenvalue weighted by atomic mass is 32.1. The van der Waals surface area contributed by atoms with Crippen LogP contribution in [0.2, 0.25) is 0 Å². The molecule has 0 aliphatic carbocycles.